The fraction of sp³-hybridized carbons (Fsp3) is 0. The van der Waals surface area contributed by atoms with E-state index in [0.717, 1.165) is 0 Å². The predicted molar refractivity (Wildman–Crippen MR) is 9.06 cm³/mol. The van der Waals surface area contributed by atoms with Crippen molar-refractivity contribution < 1.29 is 33.5 Å². The molecule has 5 heavy (non-hydrogen) atoms. The summed E-state index contributed by atoms with van der Waals surface area (Å²) in [6.45, 7) is 0. The predicted octanol–water partition coefficient (Wildman–Crippen LogP) is -0.798. The second-order valence-corrected chi connectivity index (χ2v) is 0. The van der Waals surface area contributed by atoms with Crippen LogP contribution >= 0.6 is 0 Å². The molecule has 3 nitrogen and oxygen atoms in total. The Bertz CT molecular complexity index is 6.85. The smallest absolute Gasteiger partial charge is 2.00 e. The fourth-order valence-electron chi connectivity index (χ4n) is 0. The molecular formula is HAlMnO3. The Morgan fingerprint density at radius 3 is 0.800 bits per heavy atom. The monoisotopic (exact) mass is 131 g/mol. The van der Waals surface area contributed by atoms with E-state index in [2.05, 4.69) is 0 Å². The molecule has 0 unspecified atom stereocenters. The molecule has 1 radical (unpaired) electrons. The minimum absolute atomic E-state index is 0. The van der Waals surface area contributed by atoms with Gasteiger partial charge in [0.2, 0.25) is 0 Å². The van der Waals surface area contributed by atoms with Crippen molar-refractivity contribution in [3.05, 3.63) is 0 Å². The van der Waals surface area contributed by atoms with Gasteiger partial charge >= 0.3 is 34.4 Å². The average molecular weight is 131 g/mol. The summed E-state index contributed by atoms with van der Waals surface area (Å²) in [6.07, 6.45) is 0. The molecule has 0 aliphatic heterocycles. The maximum Gasteiger partial charge on any atom is 3.00 e. The summed E-state index contributed by atoms with van der Waals surface area (Å²) < 4.78 is 0. The maximum atomic E-state index is 0. The van der Waals surface area contributed by atoms with Crippen molar-refractivity contribution in [2.45, 2.75) is 0 Å². The van der Waals surface area contributed by atoms with Crippen molar-refractivity contribution in [3.8, 4) is 0 Å². The van der Waals surface area contributed by atoms with Gasteiger partial charge in [-0.1, -0.05) is 0 Å². The van der Waals surface area contributed by atoms with E-state index >= 15 is 0 Å². The molecule has 0 aliphatic rings. The van der Waals surface area contributed by atoms with Crippen LogP contribution in [0.5, 0.6) is 0 Å². The van der Waals surface area contributed by atoms with Gasteiger partial charge in [-0.05, 0) is 0 Å². The van der Waals surface area contributed by atoms with Crippen LogP contribution in [0.3, 0.4) is 0 Å². The Morgan fingerprint density at radius 1 is 0.800 bits per heavy atom. The van der Waals surface area contributed by atoms with Crippen LogP contribution < -0.4 is 0 Å². The van der Waals surface area contributed by atoms with Gasteiger partial charge in [0.25, 0.3) is 0 Å². The van der Waals surface area contributed by atoms with Gasteiger partial charge in [-0.25, -0.2) is 0 Å². The van der Waals surface area contributed by atoms with Gasteiger partial charge in [-0.15, -0.1) is 0 Å². The van der Waals surface area contributed by atoms with Crippen LogP contribution in [-0.4, -0.2) is 22.8 Å². The van der Waals surface area contributed by atoms with Gasteiger partial charge in [-0.3, -0.25) is 0 Å². The Kier molecular flexibility index (Phi) is 2920. The van der Waals surface area contributed by atoms with Crippen molar-refractivity contribution in [1.82, 2.24) is 0 Å². The van der Waals surface area contributed by atoms with Gasteiger partial charge in [0.15, 0.2) is 0 Å². The molecular weight excluding hydrogens is 130 g/mol. The van der Waals surface area contributed by atoms with Gasteiger partial charge < -0.3 is 16.4 Å². The molecule has 1 N–H and O–H groups in total. The second kappa shape index (κ2) is 87.8. The zero-order valence-electron chi connectivity index (χ0n) is 2.22. The van der Waals surface area contributed by atoms with Crippen LogP contribution in [0.2, 0.25) is 0 Å². The van der Waals surface area contributed by atoms with Gasteiger partial charge in [0.1, 0.15) is 0 Å². The van der Waals surface area contributed by atoms with E-state index in [1.54, 1.807) is 0 Å². The van der Waals surface area contributed by atoms with Crippen LogP contribution in [0.15, 0.2) is 0 Å². The molecule has 0 spiro atoms. The molecule has 5 heteroatoms. The maximum absolute atomic E-state index is 0. The van der Waals surface area contributed by atoms with Crippen LogP contribution in [-0.2, 0) is 28.0 Å². The van der Waals surface area contributed by atoms with Crippen molar-refractivity contribution in [1.29, 1.82) is 0 Å². The van der Waals surface area contributed by atoms with Gasteiger partial charge in [0, 0.05) is 0 Å². The summed E-state index contributed by atoms with van der Waals surface area (Å²) in [5.74, 6) is 0. The molecule has 0 amide bonds. The first-order valence-corrected chi connectivity index (χ1v) is 0. The quantitative estimate of drug-likeness (QED) is 0.396. The summed E-state index contributed by atoms with van der Waals surface area (Å²) in [5, 5.41) is 0. The van der Waals surface area contributed by atoms with Crippen molar-refractivity contribution in [2.24, 2.45) is 0 Å². The molecule has 29 valence electrons. The van der Waals surface area contributed by atoms with Gasteiger partial charge in [0.05, 0.1) is 0 Å². The third kappa shape index (κ3) is 48.8. The van der Waals surface area contributed by atoms with E-state index in [4.69, 9.17) is 0 Å². The molecule has 0 rings (SSSR count). The first-order chi connectivity index (χ1) is 0. The normalized spacial score (nSPS) is 0. The summed E-state index contributed by atoms with van der Waals surface area (Å²) >= 11 is 0. The number of rotatable bonds is 0. The minimum Gasteiger partial charge on any atom is -2.00 e. The summed E-state index contributed by atoms with van der Waals surface area (Å²) in [7, 11) is 0. The topological polar surface area (TPSA) is 87.0 Å². The summed E-state index contributed by atoms with van der Waals surface area (Å²) in [6, 6.07) is 0. The first kappa shape index (κ1) is 166. The molecule has 0 saturated heterocycles. The van der Waals surface area contributed by atoms with Crippen molar-refractivity contribution in [3.63, 3.8) is 0 Å². The molecule has 0 atom stereocenters. The van der Waals surface area contributed by atoms with E-state index in [0.29, 0.717) is 0 Å². The van der Waals surface area contributed by atoms with E-state index < -0.39 is 0 Å². The zero-order chi connectivity index (χ0) is 0. The van der Waals surface area contributed by atoms with Crippen LogP contribution in [0.4, 0.5) is 0 Å². The average Bonchev–Trinajstić information content (AvgIpc) is 0. The summed E-state index contributed by atoms with van der Waals surface area (Å²) in [4.78, 5) is 0. The molecule has 0 heterocycles. The minimum atomic E-state index is 0. The molecule has 0 bridgehead atoms. The second-order valence-electron chi connectivity index (χ2n) is 0. The largest absolute Gasteiger partial charge is 3.00 e. The molecule has 0 saturated carbocycles. The molecule has 0 aromatic carbocycles. The van der Waals surface area contributed by atoms with Gasteiger partial charge in [-0.2, -0.15) is 0 Å². The summed E-state index contributed by atoms with van der Waals surface area (Å²) in [5.41, 5.74) is 0. The Labute approximate surface area is 51.3 Å². The van der Waals surface area contributed by atoms with Crippen LogP contribution in [0.25, 0.3) is 0 Å². The third-order valence-corrected chi connectivity index (χ3v) is 0. The van der Waals surface area contributed by atoms with Crippen molar-refractivity contribution >= 4 is 17.4 Å². The standard InChI is InChI=1S/Al.Mn.H2O.2O/h;;1H2;;/q+3;+2;;2*-2/p-1. The molecule has 0 aromatic heterocycles. The molecule has 0 aliphatic carbocycles. The van der Waals surface area contributed by atoms with E-state index in [9.17, 15) is 0 Å². The Balaban J connectivity index is 0. The Morgan fingerprint density at radius 2 is 0.800 bits per heavy atom. The van der Waals surface area contributed by atoms with Crippen LogP contribution in [0, 0.1) is 0 Å². The van der Waals surface area contributed by atoms with E-state index in [1.165, 1.54) is 0 Å². The van der Waals surface area contributed by atoms with E-state index in [1.807, 2.05) is 0 Å². The first-order valence-electron chi connectivity index (χ1n) is 0. The van der Waals surface area contributed by atoms with E-state index in [-0.39, 0.29) is 50.9 Å². The third-order valence-electron chi connectivity index (χ3n) is 0. The Hall–Kier alpha value is 0.932. The zero-order valence-corrected chi connectivity index (χ0v) is 4.55. The fourth-order valence-corrected chi connectivity index (χ4v) is 0. The van der Waals surface area contributed by atoms with Crippen molar-refractivity contribution in [2.75, 3.05) is 0 Å². The number of hydrogen-bond acceptors (Lipinski definition) is 1. The SMILES string of the molecule is [Al+3].[Mn+2].[O-2].[O-2].[OH-]. The number of hydrogen-bond donors (Lipinski definition) is 0. The molecule has 0 fully saturated rings. The van der Waals surface area contributed by atoms with Crippen LogP contribution in [0.1, 0.15) is 0 Å². The molecule has 0 aromatic rings.